The Balaban J connectivity index is 2.87. The molecule has 0 aliphatic rings. The van der Waals surface area contributed by atoms with Gasteiger partial charge in [-0.05, 0) is 49.8 Å². The van der Waals surface area contributed by atoms with Gasteiger partial charge in [-0.25, -0.2) is 9.18 Å². The van der Waals surface area contributed by atoms with Crippen molar-refractivity contribution in [2.75, 3.05) is 6.61 Å². The molecule has 0 amide bonds. The number of hydrogen-bond donors (Lipinski definition) is 0. The predicted molar refractivity (Wildman–Crippen MR) is 87.4 cm³/mol. The third-order valence-electron chi connectivity index (χ3n) is 3.35. The monoisotopic (exact) mass is 326 g/mol. The zero-order valence-electron chi connectivity index (χ0n) is 13.3. The van der Waals surface area contributed by atoms with Gasteiger partial charge in [0, 0.05) is 5.56 Å². The number of aromatic nitrogens is 1. The summed E-state index contributed by atoms with van der Waals surface area (Å²) in [5.41, 5.74) is 0.232. The maximum Gasteiger partial charge on any atom is 0.343 e. The second kappa shape index (κ2) is 6.92. The molecule has 0 unspecified atom stereocenters. The number of allylic oxidation sites excluding steroid dienone is 1. The van der Waals surface area contributed by atoms with E-state index in [1.165, 1.54) is 30.3 Å². The number of nitriles is 1. The van der Waals surface area contributed by atoms with Crippen LogP contribution in [0.5, 0.6) is 0 Å². The Labute approximate surface area is 138 Å². The minimum atomic E-state index is -0.787. The standard InChI is InChI=1S/C18H15FN2O3/c1-4-24-18(23)15-9-14(11(2)3)16(10-20)21(17(15)22)13-7-5-12(19)6-8-13/h5-9H,2,4H2,1,3H3. The molecule has 1 heterocycles. The van der Waals surface area contributed by atoms with Gasteiger partial charge in [0.1, 0.15) is 23.1 Å². The van der Waals surface area contributed by atoms with Crippen molar-refractivity contribution < 1.29 is 13.9 Å². The van der Waals surface area contributed by atoms with Gasteiger partial charge in [-0.3, -0.25) is 9.36 Å². The van der Waals surface area contributed by atoms with E-state index in [9.17, 15) is 19.2 Å². The average molecular weight is 326 g/mol. The van der Waals surface area contributed by atoms with Gasteiger partial charge in [0.25, 0.3) is 5.56 Å². The SMILES string of the molecule is C=C(C)c1cc(C(=O)OCC)c(=O)n(-c2ccc(F)cc2)c1C#N. The molecule has 0 fully saturated rings. The van der Waals surface area contributed by atoms with Gasteiger partial charge >= 0.3 is 5.97 Å². The molecule has 6 heteroatoms. The van der Waals surface area contributed by atoms with Crippen molar-refractivity contribution in [3.05, 3.63) is 69.9 Å². The molecule has 2 aromatic rings. The van der Waals surface area contributed by atoms with E-state index < -0.39 is 17.3 Å². The van der Waals surface area contributed by atoms with Crippen LogP contribution < -0.4 is 5.56 Å². The molecule has 5 nitrogen and oxygen atoms in total. The molecule has 24 heavy (non-hydrogen) atoms. The van der Waals surface area contributed by atoms with Gasteiger partial charge in [0.15, 0.2) is 0 Å². The summed E-state index contributed by atoms with van der Waals surface area (Å²) < 4.78 is 19.1. The van der Waals surface area contributed by atoms with Crippen LogP contribution in [0.15, 0.2) is 41.7 Å². The Morgan fingerprint density at radius 3 is 2.46 bits per heavy atom. The van der Waals surface area contributed by atoms with Crippen LogP contribution in [0.25, 0.3) is 11.3 Å². The Morgan fingerprint density at radius 1 is 1.33 bits per heavy atom. The Morgan fingerprint density at radius 2 is 1.96 bits per heavy atom. The molecular weight excluding hydrogens is 311 g/mol. The molecule has 0 N–H and O–H groups in total. The van der Waals surface area contributed by atoms with Crippen molar-refractivity contribution in [2.45, 2.75) is 13.8 Å². The van der Waals surface area contributed by atoms with Crippen LogP contribution in [0.3, 0.4) is 0 Å². The maximum absolute atomic E-state index is 13.2. The van der Waals surface area contributed by atoms with Crippen molar-refractivity contribution >= 4 is 11.5 Å². The summed E-state index contributed by atoms with van der Waals surface area (Å²) in [7, 11) is 0. The minimum absolute atomic E-state index is 0.0205. The van der Waals surface area contributed by atoms with Crippen molar-refractivity contribution in [1.82, 2.24) is 4.57 Å². The smallest absolute Gasteiger partial charge is 0.343 e. The van der Waals surface area contributed by atoms with Crippen LogP contribution in [-0.4, -0.2) is 17.1 Å². The number of hydrogen-bond acceptors (Lipinski definition) is 4. The van der Waals surface area contributed by atoms with Crippen molar-refractivity contribution in [1.29, 1.82) is 5.26 Å². The highest BCUT2D eigenvalue weighted by Crippen LogP contribution is 2.20. The van der Waals surface area contributed by atoms with Gasteiger partial charge in [-0.2, -0.15) is 5.26 Å². The molecule has 0 radical (unpaired) electrons. The average Bonchev–Trinajstić information content (AvgIpc) is 2.55. The lowest BCUT2D eigenvalue weighted by Crippen LogP contribution is -2.29. The second-order valence-electron chi connectivity index (χ2n) is 5.05. The normalized spacial score (nSPS) is 10.1. The number of benzene rings is 1. The highest BCUT2D eigenvalue weighted by atomic mass is 19.1. The van der Waals surface area contributed by atoms with Crippen molar-refractivity contribution in [2.24, 2.45) is 0 Å². The molecule has 0 aliphatic heterocycles. The topological polar surface area (TPSA) is 72.1 Å². The van der Waals surface area contributed by atoms with Gasteiger partial charge in [0.2, 0.25) is 0 Å². The summed E-state index contributed by atoms with van der Waals surface area (Å²) in [4.78, 5) is 24.8. The first kappa shape index (κ1) is 17.2. The summed E-state index contributed by atoms with van der Waals surface area (Å²) in [6.45, 7) is 7.17. The highest BCUT2D eigenvalue weighted by molar-refractivity contribution is 5.90. The first-order chi connectivity index (χ1) is 11.4. The second-order valence-corrected chi connectivity index (χ2v) is 5.05. The molecular formula is C18H15FN2O3. The van der Waals surface area contributed by atoms with Crippen LogP contribution in [0.4, 0.5) is 4.39 Å². The van der Waals surface area contributed by atoms with Crippen LogP contribution in [0.2, 0.25) is 0 Å². The van der Waals surface area contributed by atoms with Gasteiger partial charge in [0.05, 0.1) is 12.3 Å². The summed E-state index contributed by atoms with van der Waals surface area (Å²) in [6, 6.07) is 8.31. The van der Waals surface area contributed by atoms with Crippen LogP contribution in [0, 0.1) is 17.1 Å². The van der Waals surface area contributed by atoms with Gasteiger partial charge in [-0.15, -0.1) is 0 Å². The Hall–Kier alpha value is -3.20. The fourth-order valence-electron chi connectivity index (χ4n) is 2.24. The molecule has 0 spiro atoms. The Kier molecular flexibility index (Phi) is 4.95. The number of nitrogens with zero attached hydrogens (tertiary/aromatic N) is 2. The molecule has 0 bridgehead atoms. The van der Waals surface area contributed by atoms with Crippen LogP contribution in [-0.2, 0) is 4.74 Å². The summed E-state index contributed by atoms with van der Waals surface area (Å²) in [5, 5.41) is 9.48. The number of halogens is 1. The molecule has 0 aliphatic carbocycles. The number of pyridine rings is 1. The van der Waals surface area contributed by atoms with E-state index in [-0.39, 0.29) is 23.6 Å². The number of esters is 1. The zero-order valence-corrected chi connectivity index (χ0v) is 13.3. The molecule has 0 saturated heterocycles. The highest BCUT2D eigenvalue weighted by Gasteiger charge is 2.21. The van der Waals surface area contributed by atoms with E-state index in [1.807, 2.05) is 6.07 Å². The van der Waals surface area contributed by atoms with E-state index in [0.717, 1.165) is 4.57 Å². The van der Waals surface area contributed by atoms with E-state index in [0.29, 0.717) is 11.1 Å². The summed E-state index contributed by atoms with van der Waals surface area (Å²) >= 11 is 0. The first-order valence-corrected chi connectivity index (χ1v) is 7.19. The molecule has 0 saturated carbocycles. The quantitative estimate of drug-likeness (QED) is 0.810. The number of carbonyl (C=O) groups is 1. The van der Waals surface area contributed by atoms with Gasteiger partial charge in [-0.1, -0.05) is 6.58 Å². The minimum Gasteiger partial charge on any atom is -0.462 e. The molecule has 1 aromatic heterocycles. The molecule has 2 rings (SSSR count). The third kappa shape index (κ3) is 3.10. The lowest BCUT2D eigenvalue weighted by Gasteiger charge is -2.14. The van der Waals surface area contributed by atoms with Crippen LogP contribution >= 0.6 is 0 Å². The predicted octanol–water partition coefficient (Wildman–Crippen LogP) is 3.06. The summed E-state index contributed by atoms with van der Waals surface area (Å²) in [5.74, 6) is -1.27. The zero-order chi connectivity index (χ0) is 17.9. The Bertz CT molecular complexity index is 906. The van der Waals surface area contributed by atoms with Crippen LogP contribution in [0.1, 0.15) is 35.5 Å². The lowest BCUT2D eigenvalue weighted by atomic mass is 10.0. The van der Waals surface area contributed by atoms with E-state index in [1.54, 1.807) is 13.8 Å². The largest absolute Gasteiger partial charge is 0.462 e. The van der Waals surface area contributed by atoms with Crippen molar-refractivity contribution in [3.63, 3.8) is 0 Å². The van der Waals surface area contributed by atoms with E-state index >= 15 is 0 Å². The number of ether oxygens (including phenoxy) is 1. The van der Waals surface area contributed by atoms with Crippen molar-refractivity contribution in [3.8, 4) is 11.8 Å². The fourth-order valence-corrected chi connectivity index (χ4v) is 2.24. The lowest BCUT2D eigenvalue weighted by molar-refractivity contribution is 0.0524. The van der Waals surface area contributed by atoms with Gasteiger partial charge < -0.3 is 4.74 Å². The maximum atomic E-state index is 13.2. The van der Waals surface area contributed by atoms with E-state index in [2.05, 4.69) is 6.58 Å². The molecule has 122 valence electrons. The fraction of sp³-hybridized carbons (Fsp3) is 0.167. The first-order valence-electron chi connectivity index (χ1n) is 7.19. The van der Waals surface area contributed by atoms with E-state index in [4.69, 9.17) is 4.74 Å². The third-order valence-corrected chi connectivity index (χ3v) is 3.35. The molecule has 1 aromatic carbocycles. The molecule has 0 atom stereocenters. The number of carbonyl (C=O) groups excluding carboxylic acids is 1. The summed E-state index contributed by atoms with van der Waals surface area (Å²) in [6.07, 6.45) is 0. The number of rotatable bonds is 4.